The lowest BCUT2D eigenvalue weighted by Gasteiger charge is -2.17. The summed E-state index contributed by atoms with van der Waals surface area (Å²) < 4.78 is 5.63. The number of amidine groups is 1. The normalized spacial score (nSPS) is 19.6. The van der Waals surface area contributed by atoms with Gasteiger partial charge >= 0.3 is 0 Å². The fraction of sp³-hybridized carbons (Fsp3) is 0.538. The topological polar surface area (TPSA) is 46.0 Å². The molecule has 0 saturated heterocycles. The number of nitrogens with one attached hydrogen (secondary N) is 1. The van der Waals surface area contributed by atoms with Crippen LogP contribution in [0.25, 0.3) is 0 Å². The van der Waals surface area contributed by atoms with Gasteiger partial charge in [0.15, 0.2) is 5.84 Å². The van der Waals surface area contributed by atoms with E-state index in [1.807, 2.05) is 0 Å². The van der Waals surface area contributed by atoms with E-state index in [2.05, 4.69) is 35.2 Å². The lowest BCUT2D eigenvalue weighted by atomic mass is 9.94. The second-order valence-electron chi connectivity index (χ2n) is 4.17. The quantitative estimate of drug-likeness (QED) is 0.460. The predicted octanol–water partition coefficient (Wildman–Crippen LogP) is 2.39. The van der Waals surface area contributed by atoms with Gasteiger partial charge in [-0.2, -0.15) is 5.10 Å². The first kappa shape index (κ1) is 11.9. The lowest BCUT2D eigenvalue weighted by molar-refractivity contribution is 0.234. The molecule has 0 saturated carbocycles. The van der Waals surface area contributed by atoms with Gasteiger partial charge in [-0.3, -0.25) is 0 Å². The molecule has 2 aliphatic rings. The van der Waals surface area contributed by atoms with Gasteiger partial charge in [0.05, 0.1) is 6.61 Å². The molecule has 0 amide bonds. The van der Waals surface area contributed by atoms with Crippen molar-refractivity contribution in [1.82, 2.24) is 5.32 Å². The second kappa shape index (κ2) is 5.66. The van der Waals surface area contributed by atoms with Gasteiger partial charge in [-0.15, -0.1) is 5.10 Å². The smallest absolute Gasteiger partial charge is 0.155 e. The maximum Gasteiger partial charge on any atom is 0.155 e. The Morgan fingerprint density at radius 1 is 1.53 bits per heavy atom. The van der Waals surface area contributed by atoms with Crippen LogP contribution < -0.4 is 5.32 Å². The van der Waals surface area contributed by atoms with Crippen molar-refractivity contribution >= 4 is 12.6 Å². The average Bonchev–Trinajstić information content (AvgIpc) is 2.82. The number of hydrogen-bond acceptors (Lipinski definition) is 3. The van der Waals surface area contributed by atoms with E-state index in [1.165, 1.54) is 5.57 Å². The Morgan fingerprint density at radius 3 is 3.18 bits per heavy atom. The van der Waals surface area contributed by atoms with Crippen LogP contribution in [0.2, 0.25) is 0 Å². The Morgan fingerprint density at radius 2 is 2.41 bits per heavy atom. The lowest BCUT2D eigenvalue weighted by Crippen LogP contribution is -2.27. The summed E-state index contributed by atoms with van der Waals surface area (Å²) in [6.07, 6.45) is 6.29. The average molecular weight is 233 g/mol. The van der Waals surface area contributed by atoms with E-state index in [1.54, 1.807) is 0 Å². The molecule has 0 radical (unpaired) electrons. The summed E-state index contributed by atoms with van der Waals surface area (Å²) in [5, 5.41) is 11.1. The van der Waals surface area contributed by atoms with Crippen molar-refractivity contribution in [3.63, 3.8) is 0 Å². The Labute approximate surface area is 102 Å². The summed E-state index contributed by atoms with van der Waals surface area (Å²) in [5.74, 6) is 1.97. The van der Waals surface area contributed by atoms with Gasteiger partial charge in [0, 0.05) is 37.3 Å². The first-order valence-electron chi connectivity index (χ1n) is 6.20. The highest BCUT2D eigenvalue weighted by Crippen LogP contribution is 2.33. The van der Waals surface area contributed by atoms with Crippen LogP contribution in [0.15, 0.2) is 33.2 Å². The summed E-state index contributed by atoms with van der Waals surface area (Å²) in [6, 6.07) is 0. The summed E-state index contributed by atoms with van der Waals surface area (Å²) >= 11 is 0. The van der Waals surface area contributed by atoms with Crippen LogP contribution in [-0.2, 0) is 4.74 Å². The molecule has 0 fully saturated rings. The summed E-state index contributed by atoms with van der Waals surface area (Å²) in [7, 11) is 0. The zero-order chi connectivity index (χ0) is 12.1. The predicted molar refractivity (Wildman–Crippen MR) is 70.2 cm³/mol. The molecule has 92 valence electrons. The van der Waals surface area contributed by atoms with Crippen molar-refractivity contribution in [2.75, 3.05) is 13.2 Å². The largest absolute Gasteiger partial charge is 0.497 e. The van der Waals surface area contributed by atoms with Crippen LogP contribution >= 0.6 is 0 Å². The highest BCUT2D eigenvalue weighted by molar-refractivity contribution is 6.02. The minimum absolute atomic E-state index is 0.796. The summed E-state index contributed by atoms with van der Waals surface area (Å²) in [6.45, 7) is 7.26. The highest BCUT2D eigenvalue weighted by atomic mass is 16.5. The van der Waals surface area contributed by atoms with Crippen LogP contribution in [0, 0.1) is 0 Å². The number of allylic oxidation sites excluding steroid dienone is 2. The molecule has 0 aromatic heterocycles. The van der Waals surface area contributed by atoms with Crippen LogP contribution in [-0.4, -0.2) is 25.7 Å². The number of ether oxygens (including phenoxy) is 1. The molecule has 2 rings (SSSR count). The van der Waals surface area contributed by atoms with Gasteiger partial charge in [0.2, 0.25) is 0 Å². The minimum atomic E-state index is 0.796. The van der Waals surface area contributed by atoms with Gasteiger partial charge < -0.3 is 10.1 Å². The fourth-order valence-corrected chi connectivity index (χ4v) is 2.22. The Kier molecular flexibility index (Phi) is 3.96. The van der Waals surface area contributed by atoms with Crippen molar-refractivity contribution in [3.8, 4) is 0 Å². The molecule has 0 spiro atoms. The van der Waals surface area contributed by atoms with Crippen molar-refractivity contribution in [2.45, 2.75) is 32.6 Å². The molecular formula is C13H19N3O. The molecule has 17 heavy (non-hydrogen) atoms. The molecular weight excluding hydrogens is 214 g/mol. The molecule has 1 aliphatic heterocycles. The molecule has 4 nitrogen and oxygen atoms in total. The third-order valence-electron chi connectivity index (χ3n) is 2.98. The zero-order valence-electron chi connectivity index (χ0n) is 10.3. The van der Waals surface area contributed by atoms with Crippen LogP contribution in [0.1, 0.15) is 32.6 Å². The SMILES string of the molecule is C=N/N=C(\NCCC)C1=CCCC2=C1CCO2. The van der Waals surface area contributed by atoms with E-state index >= 15 is 0 Å². The van der Waals surface area contributed by atoms with Gasteiger partial charge in [0.1, 0.15) is 5.76 Å². The molecule has 4 heteroatoms. The maximum absolute atomic E-state index is 5.63. The molecule has 1 heterocycles. The van der Waals surface area contributed by atoms with E-state index < -0.39 is 0 Å². The molecule has 1 aliphatic carbocycles. The molecule has 1 N–H and O–H groups in total. The van der Waals surface area contributed by atoms with E-state index in [0.717, 1.165) is 56.0 Å². The molecule has 0 unspecified atom stereocenters. The van der Waals surface area contributed by atoms with Crippen molar-refractivity contribution < 1.29 is 4.74 Å². The Hall–Kier alpha value is -1.58. The standard InChI is InChI=1S/C13H19N3O/c1-3-8-15-13(16-14-2)11-5-4-6-12-10(11)7-9-17-12/h5H,2-4,6-9H2,1H3,(H,15,16). The third-order valence-corrected chi connectivity index (χ3v) is 2.98. The summed E-state index contributed by atoms with van der Waals surface area (Å²) in [5.41, 5.74) is 2.45. The molecule has 0 aromatic carbocycles. The van der Waals surface area contributed by atoms with Crippen LogP contribution in [0.3, 0.4) is 0 Å². The Balaban J connectivity index is 2.21. The minimum Gasteiger partial charge on any atom is -0.497 e. The number of nitrogens with zero attached hydrogens (tertiary/aromatic N) is 2. The van der Waals surface area contributed by atoms with Gasteiger partial charge in [-0.1, -0.05) is 13.0 Å². The van der Waals surface area contributed by atoms with Crippen molar-refractivity contribution in [3.05, 3.63) is 23.0 Å². The monoisotopic (exact) mass is 233 g/mol. The fourth-order valence-electron chi connectivity index (χ4n) is 2.22. The molecule has 0 bridgehead atoms. The first-order chi connectivity index (χ1) is 8.36. The maximum atomic E-state index is 5.63. The van der Waals surface area contributed by atoms with Crippen molar-refractivity contribution in [1.29, 1.82) is 0 Å². The number of hydrogen-bond donors (Lipinski definition) is 1. The third kappa shape index (κ3) is 2.57. The van der Waals surface area contributed by atoms with Crippen molar-refractivity contribution in [2.24, 2.45) is 10.2 Å². The van der Waals surface area contributed by atoms with Crippen LogP contribution in [0.5, 0.6) is 0 Å². The number of rotatable bonds is 4. The Bertz CT molecular complexity index is 393. The highest BCUT2D eigenvalue weighted by Gasteiger charge is 2.25. The zero-order valence-corrected chi connectivity index (χ0v) is 10.3. The van der Waals surface area contributed by atoms with E-state index in [9.17, 15) is 0 Å². The molecule has 0 atom stereocenters. The summed E-state index contributed by atoms with van der Waals surface area (Å²) in [4.78, 5) is 0. The first-order valence-corrected chi connectivity index (χ1v) is 6.20. The van der Waals surface area contributed by atoms with Crippen LogP contribution in [0.4, 0.5) is 0 Å². The van der Waals surface area contributed by atoms with E-state index in [4.69, 9.17) is 4.74 Å². The second-order valence-corrected chi connectivity index (χ2v) is 4.17. The van der Waals surface area contributed by atoms with Gasteiger partial charge in [-0.25, -0.2) is 0 Å². The van der Waals surface area contributed by atoms with Gasteiger partial charge in [-0.05, 0) is 12.8 Å². The van der Waals surface area contributed by atoms with Gasteiger partial charge in [0.25, 0.3) is 0 Å². The van der Waals surface area contributed by atoms with E-state index in [-0.39, 0.29) is 0 Å². The molecule has 0 aromatic rings. The van der Waals surface area contributed by atoms with E-state index in [0.29, 0.717) is 0 Å².